The average molecular weight is 499 g/mol. The number of nitrogens with zero attached hydrogens (tertiary/aromatic N) is 1. The minimum Gasteiger partial charge on any atom is -0.463 e. The van der Waals surface area contributed by atoms with E-state index in [-0.39, 0.29) is 56.8 Å². The number of carbonyl (C=O) groups is 3. The lowest BCUT2D eigenvalue weighted by molar-refractivity contribution is -0.145. The fraction of sp³-hybridized carbons (Fsp3) is 0.550. The Balaban J connectivity index is 1.74. The summed E-state index contributed by atoms with van der Waals surface area (Å²) in [6.07, 6.45) is 4.05. The maximum absolute atomic E-state index is 12.6. The Kier molecular flexibility index (Phi) is 10.2. The Morgan fingerprint density at radius 1 is 0.800 bits per heavy atom. The Bertz CT molecular complexity index is 768. The molecule has 0 fully saturated rings. The molecule has 0 unspecified atom stereocenters. The van der Waals surface area contributed by atoms with Crippen LogP contribution in [0.15, 0.2) is 0 Å². The third-order valence-electron chi connectivity index (χ3n) is 4.58. The predicted octanol–water partition coefficient (Wildman–Crippen LogP) is 5.82. The summed E-state index contributed by atoms with van der Waals surface area (Å²) in [7, 11) is 0. The number of hydrogen-bond donors (Lipinski definition) is 0. The molecule has 2 amide bonds. The summed E-state index contributed by atoms with van der Waals surface area (Å²) < 4.78 is 10.4. The zero-order valence-corrected chi connectivity index (χ0v) is 19.6. The second-order valence-corrected chi connectivity index (χ2v) is 8.28. The molecule has 6 nitrogen and oxygen atoms in total. The predicted molar refractivity (Wildman–Crippen MR) is 117 cm³/mol. The van der Waals surface area contributed by atoms with E-state index in [1.165, 1.54) is 0 Å². The number of unbranched alkanes of at least 4 members (excludes halogenated alkanes) is 3. The first-order valence-electron chi connectivity index (χ1n) is 9.76. The van der Waals surface area contributed by atoms with Crippen molar-refractivity contribution in [2.45, 2.75) is 45.4 Å². The van der Waals surface area contributed by atoms with Gasteiger partial charge in [0.1, 0.15) is 6.61 Å². The quantitative estimate of drug-likeness (QED) is 0.119. The molecule has 0 saturated heterocycles. The second-order valence-electron chi connectivity index (χ2n) is 6.76. The van der Waals surface area contributed by atoms with Crippen LogP contribution in [0.1, 0.15) is 66.2 Å². The molecule has 1 aromatic carbocycles. The normalized spacial score (nSPS) is 13.2. The largest absolute Gasteiger partial charge is 0.463 e. The van der Waals surface area contributed by atoms with Crippen LogP contribution in [0.4, 0.5) is 0 Å². The van der Waals surface area contributed by atoms with Gasteiger partial charge in [-0.05, 0) is 19.3 Å². The molecule has 166 valence electrons. The molecule has 0 saturated carbocycles. The van der Waals surface area contributed by atoms with Crippen LogP contribution in [0, 0.1) is 0 Å². The van der Waals surface area contributed by atoms with E-state index in [9.17, 15) is 14.4 Å². The van der Waals surface area contributed by atoms with Crippen LogP contribution in [0.2, 0.25) is 20.1 Å². The van der Waals surface area contributed by atoms with Crippen LogP contribution in [-0.4, -0.2) is 49.0 Å². The number of benzene rings is 1. The number of halogens is 4. The standard InChI is InChI=1S/C20H23Cl4NO5/c1-2-3-9-29-10-11-30-12(26)7-5-4-6-8-25-19(27)13-14(20(25)28)16(22)18(24)17(23)15(13)21/h2-11H2,1H3. The minimum atomic E-state index is -0.553. The van der Waals surface area contributed by atoms with Crippen LogP contribution in [0.25, 0.3) is 0 Å². The highest BCUT2D eigenvalue weighted by atomic mass is 35.5. The summed E-state index contributed by atoms with van der Waals surface area (Å²) in [5.41, 5.74) is -0.0448. The van der Waals surface area contributed by atoms with E-state index in [2.05, 4.69) is 6.92 Å². The molecule has 10 heteroatoms. The van der Waals surface area contributed by atoms with Crippen molar-refractivity contribution in [2.24, 2.45) is 0 Å². The molecule has 30 heavy (non-hydrogen) atoms. The molecule has 0 atom stereocenters. The number of ether oxygens (including phenoxy) is 2. The zero-order valence-electron chi connectivity index (χ0n) is 16.6. The van der Waals surface area contributed by atoms with E-state index in [4.69, 9.17) is 55.9 Å². The number of amides is 2. The van der Waals surface area contributed by atoms with Crippen molar-refractivity contribution in [3.8, 4) is 0 Å². The molecular formula is C20H23Cl4NO5. The number of carbonyl (C=O) groups excluding carboxylic acids is 3. The monoisotopic (exact) mass is 497 g/mol. The number of hydrogen-bond acceptors (Lipinski definition) is 5. The van der Waals surface area contributed by atoms with Crippen molar-refractivity contribution in [1.82, 2.24) is 4.90 Å². The fourth-order valence-corrected chi connectivity index (χ4v) is 3.96. The van der Waals surface area contributed by atoms with Crippen LogP contribution >= 0.6 is 46.4 Å². The maximum atomic E-state index is 12.6. The van der Waals surface area contributed by atoms with Crippen LogP contribution in [0.3, 0.4) is 0 Å². The van der Waals surface area contributed by atoms with Crippen LogP contribution in [-0.2, 0) is 14.3 Å². The maximum Gasteiger partial charge on any atom is 0.305 e. The van der Waals surface area contributed by atoms with E-state index in [0.29, 0.717) is 32.5 Å². The van der Waals surface area contributed by atoms with Gasteiger partial charge in [0.15, 0.2) is 0 Å². The summed E-state index contributed by atoms with van der Waals surface area (Å²) in [4.78, 5) is 38.0. The average Bonchev–Trinajstić information content (AvgIpc) is 2.97. The van der Waals surface area contributed by atoms with Crippen molar-refractivity contribution >= 4 is 64.2 Å². The first-order valence-corrected chi connectivity index (χ1v) is 11.3. The molecule has 0 N–H and O–H groups in total. The third kappa shape index (κ3) is 6.01. The topological polar surface area (TPSA) is 72.9 Å². The lowest BCUT2D eigenvalue weighted by atomic mass is 10.1. The Hall–Kier alpha value is -1.05. The Morgan fingerprint density at radius 3 is 1.97 bits per heavy atom. The van der Waals surface area contributed by atoms with Crippen LogP contribution in [0.5, 0.6) is 0 Å². The second kappa shape index (κ2) is 12.1. The van der Waals surface area contributed by atoms with E-state index in [1.54, 1.807) is 0 Å². The first-order chi connectivity index (χ1) is 14.3. The SMILES string of the molecule is CCCCOCCOC(=O)CCCCCN1C(=O)c2c(Cl)c(Cl)c(Cl)c(Cl)c2C1=O. The number of fused-ring (bicyclic) bond motifs is 1. The molecule has 1 aromatic rings. The number of imide groups is 1. The van der Waals surface area contributed by atoms with Gasteiger partial charge in [-0.1, -0.05) is 66.2 Å². The summed E-state index contributed by atoms with van der Waals surface area (Å²) >= 11 is 24.2. The lowest BCUT2D eigenvalue weighted by Gasteiger charge is -2.13. The summed E-state index contributed by atoms with van der Waals surface area (Å²) in [5, 5.41) is -0.273. The van der Waals surface area contributed by atoms with Gasteiger partial charge in [-0.2, -0.15) is 0 Å². The van der Waals surface area contributed by atoms with E-state index < -0.39 is 11.8 Å². The molecule has 0 aliphatic carbocycles. The number of rotatable bonds is 12. The minimum absolute atomic E-state index is 0.0224. The first kappa shape index (κ1) is 25.2. The van der Waals surface area contributed by atoms with Gasteiger partial charge >= 0.3 is 5.97 Å². The van der Waals surface area contributed by atoms with Gasteiger partial charge in [0.05, 0.1) is 37.8 Å². The fourth-order valence-electron chi connectivity index (χ4n) is 2.95. The number of esters is 1. The molecule has 2 rings (SSSR count). The van der Waals surface area contributed by atoms with Crippen molar-refractivity contribution < 1.29 is 23.9 Å². The molecular weight excluding hydrogens is 476 g/mol. The molecule has 1 aliphatic rings. The highest BCUT2D eigenvalue weighted by molar-refractivity contribution is 6.55. The molecule has 1 aliphatic heterocycles. The Labute approximate surface area is 195 Å². The zero-order chi connectivity index (χ0) is 22.3. The van der Waals surface area contributed by atoms with Crippen molar-refractivity contribution in [3.63, 3.8) is 0 Å². The van der Waals surface area contributed by atoms with E-state index in [1.807, 2.05) is 0 Å². The summed E-state index contributed by atoms with van der Waals surface area (Å²) in [6, 6.07) is 0. The lowest BCUT2D eigenvalue weighted by Crippen LogP contribution is -2.30. The van der Waals surface area contributed by atoms with Gasteiger partial charge in [0.25, 0.3) is 11.8 Å². The van der Waals surface area contributed by atoms with Gasteiger partial charge in [0.2, 0.25) is 0 Å². The molecule has 1 heterocycles. The Morgan fingerprint density at radius 2 is 1.40 bits per heavy atom. The summed E-state index contributed by atoms with van der Waals surface area (Å²) in [6.45, 7) is 3.55. The molecule has 0 spiro atoms. The van der Waals surface area contributed by atoms with E-state index in [0.717, 1.165) is 17.7 Å². The van der Waals surface area contributed by atoms with Gasteiger partial charge in [-0.25, -0.2) is 0 Å². The van der Waals surface area contributed by atoms with Gasteiger partial charge in [-0.3, -0.25) is 19.3 Å². The molecule has 0 radical (unpaired) electrons. The van der Waals surface area contributed by atoms with Gasteiger partial charge in [-0.15, -0.1) is 0 Å². The summed E-state index contributed by atoms with van der Waals surface area (Å²) in [5.74, 6) is -1.40. The van der Waals surface area contributed by atoms with Gasteiger partial charge < -0.3 is 9.47 Å². The smallest absolute Gasteiger partial charge is 0.305 e. The van der Waals surface area contributed by atoms with Crippen molar-refractivity contribution in [3.05, 3.63) is 31.2 Å². The van der Waals surface area contributed by atoms with Crippen molar-refractivity contribution in [1.29, 1.82) is 0 Å². The molecule has 0 aromatic heterocycles. The highest BCUT2D eigenvalue weighted by Crippen LogP contribution is 2.44. The third-order valence-corrected chi connectivity index (χ3v) is 6.38. The van der Waals surface area contributed by atoms with Crippen molar-refractivity contribution in [2.75, 3.05) is 26.4 Å². The van der Waals surface area contributed by atoms with Crippen LogP contribution < -0.4 is 0 Å². The van der Waals surface area contributed by atoms with Gasteiger partial charge in [0, 0.05) is 19.6 Å². The highest BCUT2D eigenvalue weighted by Gasteiger charge is 2.41. The molecule has 0 bridgehead atoms. The van der Waals surface area contributed by atoms with E-state index >= 15 is 0 Å².